The van der Waals surface area contributed by atoms with E-state index < -0.39 is 5.82 Å². The van der Waals surface area contributed by atoms with Gasteiger partial charge in [0.05, 0.1) is 5.56 Å². The van der Waals surface area contributed by atoms with Crippen LogP contribution in [0, 0.1) is 17.1 Å². The van der Waals surface area contributed by atoms with Gasteiger partial charge in [0.25, 0.3) is 0 Å². The van der Waals surface area contributed by atoms with Crippen LogP contribution in [0.15, 0.2) is 12.1 Å². The molecule has 1 aliphatic rings. The summed E-state index contributed by atoms with van der Waals surface area (Å²) in [4.78, 5) is 0. The van der Waals surface area contributed by atoms with Crippen LogP contribution in [-0.4, -0.2) is 13.2 Å². The molecule has 66 valence electrons. The first kappa shape index (κ1) is 7.87. The van der Waals surface area contributed by atoms with E-state index in [4.69, 9.17) is 14.7 Å². The van der Waals surface area contributed by atoms with Crippen LogP contribution in [0.3, 0.4) is 0 Å². The van der Waals surface area contributed by atoms with Crippen molar-refractivity contribution in [3.05, 3.63) is 23.5 Å². The van der Waals surface area contributed by atoms with Gasteiger partial charge in [-0.05, 0) is 12.1 Å². The van der Waals surface area contributed by atoms with Crippen LogP contribution < -0.4 is 9.47 Å². The van der Waals surface area contributed by atoms with Gasteiger partial charge in [-0.25, -0.2) is 4.39 Å². The highest BCUT2D eigenvalue weighted by atomic mass is 19.1. The molecule has 0 amide bonds. The second-order valence-electron chi connectivity index (χ2n) is 2.56. The summed E-state index contributed by atoms with van der Waals surface area (Å²) in [7, 11) is 0. The van der Waals surface area contributed by atoms with Crippen LogP contribution >= 0.6 is 0 Å². The van der Waals surface area contributed by atoms with Gasteiger partial charge in [-0.1, -0.05) is 0 Å². The van der Waals surface area contributed by atoms with Crippen molar-refractivity contribution in [2.45, 2.75) is 0 Å². The minimum absolute atomic E-state index is 0.0466. The van der Waals surface area contributed by atoms with Crippen molar-refractivity contribution in [1.82, 2.24) is 0 Å². The fourth-order valence-corrected chi connectivity index (χ4v) is 1.19. The molecule has 1 aliphatic heterocycles. The second-order valence-corrected chi connectivity index (χ2v) is 2.56. The van der Waals surface area contributed by atoms with Gasteiger partial charge in [0.1, 0.15) is 19.3 Å². The van der Waals surface area contributed by atoms with Crippen molar-refractivity contribution >= 4 is 0 Å². The Hall–Kier alpha value is -1.76. The number of ether oxygens (including phenoxy) is 2. The van der Waals surface area contributed by atoms with E-state index in [2.05, 4.69) is 0 Å². The zero-order valence-corrected chi connectivity index (χ0v) is 6.71. The predicted octanol–water partition coefficient (Wildman–Crippen LogP) is 1.47. The molecule has 0 N–H and O–H groups in total. The summed E-state index contributed by atoms with van der Waals surface area (Å²) >= 11 is 0. The van der Waals surface area contributed by atoms with Gasteiger partial charge in [0, 0.05) is 0 Å². The zero-order chi connectivity index (χ0) is 9.26. The van der Waals surface area contributed by atoms with Crippen LogP contribution in [-0.2, 0) is 0 Å². The van der Waals surface area contributed by atoms with E-state index in [1.165, 1.54) is 12.1 Å². The van der Waals surface area contributed by atoms with E-state index in [0.29, 0.717) is 18.8 Å². The fourth-order valence-electron chi connectivity index (χ4n) is 1.19. The Bertz CT molecular complexity index is 384. The van der Waals surface area contributed by atoms with Gasteiger partial charge in [-0.3, -0.25) is 0 Å². The van der Waals surface area contributed by atoms with Gasteiger partial charge >= 0.3 is 0 Å². The van der Waals surface area contributed by atoms with E-state index in [0.717, 1.165) is 0 Å². The summed E-state index contributed by atoms with van der Waals surface area (Å²) in [6.45, 7) is 0.671. The van der Waals surface area contributed by atoms with E-state index >= 15 is 0 Å². The Morgan fingerprint density at radius 3 is 2.62 bits per heavy atom. The van der Waals surface area contributed by atoms with Gasteiger partial charge in [-0.15, -0.1) is 0 Å². The van der Waals surface area contributed by atoms with Gasteiger partial charge in [0.2, 0.25) is 0 Å². The molecule has 0 atom stereocenters. The summed E-state index contributed by atoms with van der Waals surface area (Å²) in [6, 6.07) is 4.49. The van der Waals surface area contributed by atoms with Crippen molar-refractivity contribution < 1.29 is 13.9 Å². The van der Waals surface area contributed by atoms with E-state index in [1.54, 1.807) is 0 Å². The normalized spacial score (nSPS) is 13.5. The maximum atomic E-state index is 13.1. The molecule has 0 aromatic heterocycles. The number of hydrogen-bond acceptors (Lipinski definition) is 3. The maximum absolute atomic E-state index is 13.1. The highest BCUT2D eigenvalue weighted by Gasteiger charge is 2.19. The van der Waals surface area contributed by atoms with Crippen LogP contribution in [0.2, 0.25) is 0 Å². The SMILES string of the molecule is N#Cc1ccc(F)c2c1OCCO2. The molecule has 2 rings (SSSR count). The molecular formula is C9H6FNO2. The first-order valence-corrected chi connectivity index (χ1v) is 3.81. The summed E-state index contributed by atoms with van der Waals surface area (Å²) in [5.74, 6) is -0.229. The minimum atomic E-state index is -0.492. The fraction of sp³-hybridized carbons (Fsp3) is 0.222. The van der Waals surface area contributed by atoms with Crippen LogP contribution in [0.4, 0.5) is 4.39 Å². The Morgan fingerprint density at radius 2 is 1.92 bits per heavy atom. The van der Waals surface area contributed by atoms with Crippen molar-refractivity contribution in [1.29, 1.82) is 5.26 Å². The third kappa shape index (κ3) is 1.18. The summed E-state index contributed by atoms with van der Waals surface area (Å²) < 4.78 is 23.3. The lowest BCUT2D eigenvalue weighted by Gasteiger charge is -2.19. The molecule has 3 nitrogen and oxygen atoms in total. The molecule has 4 heteroatoms. The van der Waals surface area contributed by atoms with Crippen LogP contribution in [0.1, 0.15) is 5.56 Å². The molecule has 1 heterocycles. The molecular weight excluding hydrogens is 173 g/mol. The zero-order valence-electron chi connectivity index (χ0n) is 6.71. The molecule has 0 fully saturated rings. The Kier molecular flexibility index (Phi) is 1.78. The standard InChI is InChI=1S/C9H6FNO2/c10-7-2-1-6(5-11)8-9(7)13-4-3-12-8/h1-2H,3-4H2. The lowest BCUT2D eigenvalue weighted by Crippen LogP contribution is -2.17. The number of benzene rings is 1. The first-order chi connectivity index (χ1) is 6.33. The lowest BCUT2D eigenvalue weighted by molar-refractivity contribution is 0.164. The second kappa shape index (κ2) is 2.94. The van der Waals surface area contributed by atoms with Gasteiger partial charge < -0.3 is 9.47 Å². The van der Waals surface area contributed by atoms with Gasteiger partial charge in [0.15, 0.2) is 17.3 Å². The van der Waals surface area contributed by atoms with Crippen molar-refractivity contribution in [3.8, 4) is 17.6 Å². The number of rotatable bonds is 0. The molecule has 13 heavy (non-hydrogen) atoms. The highest BCUT2D eigenvalue weighted by molar-refractivity contribution is 5.53. The average molecular weight is 179 g/mol. The molecule has 0 saturated heterocycles. The molecule has 0 radical (unpaired) electrons. The number of hydrogen-bond donors (Lipinski definition) is 0. The number of nitrogens with zero attached hydrogens (tertiary/aromatic N) is 1. The molecule has 0 unspecified atom stereocenters. The third-order valence-corrected chi connectivity index (χ3v) is 1.76. The van der Waals surface area contributed by atoms with Crippen molar-refractivity contribution in [2.24, 2.45) is 0 Å². The Labute approximate surface area is 74.3 Å². The largest absolute Gasteiger partial charge is 0.485 e. The van der Waals surface area contributed by atoms with E-state index in [9.17, 15) is 4.39 Å². The van der Waals surface area contributed by atoms with E-state index in [-0.39, 0.29) is 11.5 Å². The topological polar surface area (TPSA) is 42.2 Å². The molecule has 0 spiro atoms. The van der Waals surface area contributed by atoms with Crippen molar-refractivity contribution in [2.75, 3.05) is 13.2 Å². The van der Waals surface area contributed by atoms with E-state index in [1.807, 2.05) is 6.07 Å². The van der Waals surface area contributed by atoms with Crippen molar-refractivity contribution in [3.63, 3.8) is 0 Å². The predicted molar refractivity (Wildman–Crippen MR) is 42.1 cm³/mol. The highest BCUT2D eigenvalue weighted by Crippen LogP contribution is 2.35. The molecule has 1 aromatic carbocycles. The number of fused-ring (bicyclic) bond motifs is 1. The minimum Gasteiger partial charge on any atom is -0.485 e. The summed E-state index contributed by atoms with van der Waals surface area (Å²) in [6.07, 6.45) is 0. The number of nitriles is 1. The van der Waals surface area contributed by atoms with Gasteiger partial charge in [-0.2, -0.15) is 5.26 Å². The summed E-state index contributed by atoms with van der Waals surface area (Å²) in [5, 5.41) is 8.68. The Balaban J connectivity index is 2.61. The first-order valence-electron chi connectivity index (χ1n) is 3.81. The average Bonchev–Trinajstić information content (AvgIpc) is 2.19. The third-order valence-electron chi connectivity index (χ3n) is 1.76. The summed E-state index contributed by atoms with van der Waals surface area (Å²) in [5.41, 5.74) is 0.302. The number of halogens is 1. The Morgan fingerprint density at radius 1 is 1.23 bits per heavy atom. The quantitative estimate of drug-likeness (QED) is 0.605. The molecule has 0 saturated carbocycles. The molecule has 0 aliphatic carbocycles. The van der Waals surface area contributed by atoms with Crippen LogP contribution in [0.5, 0.6) is 11.5 Å². The lowest BCUT2D eigenvalue weighted by atomic mass is 10.2. The monoisotopic (exact) mass is 179 g/mol. The maximum Gasteiger partial charge on any atom is 0.198 e. The van der Waals surface area contributed by atoms with Crippen LogP contribution in [0.25, 0.3) is 0 Å². The molecule has 0 bridgehead atoms. The smallest absolute Gasteiger partial charge is 0.198 e. The molecule has 1 aromatic rings.